The van der Waals surface area contributed by atoms with Crippen LogP contribution < -0.4 is 10.1 Å². The normalized spacial score (nSPS) is 26.4. The van der Waals surface area contributed by atoms with E-state index in [1.54, 1.807) is 51.3 Å². The van der Waals surface area contributed by atoms with E-state index in [0.29, 0.717) is 43.3 Å². The average Bonchev–Trinajstić information content (AvgIpc) is 3.66. The number of rotatable bonds is 12. The maximum Gasteiger partial charge on any atom is 0.407 e. The van der Waals surface area contributed by atoms with E-state index in [4.69, 9.17) is 33.2 Å². The minimum absolute atomic E-state index is 0.00344. The number of halogens is 4. The summed E-state index contributed by atoms with van der Waals surface area (Å²) >= 11 is 1.10. The third-order valence-electron chi connectivity index (χ3n) is 10.7. The van der Waals surface area contributed by atoms with Crippen LogP contribution in [-0.2, 0) is 49.2 Å². The highest BCUT2D eigenvalue weighted by Crippen LogP contribution is 2.42. The van der Waals surface area contributed by atoms with Crippen LogP contribution in [0.15, 0.2) is 54.6 Å². The highest BCUT2D eigenvalue weighted by Gasteiger charge is 2.53. The molecule has 3 aliphatic rings. The maximum absolute atomic E-state index is 15.7. The molecule has 0 bridgehead atoms. The number of nitrogens with zero attached hydrogens (tertiary/aromatic N) is 1. The fraction of sp³-hybridized carbons (Fsp3) is 0.511. The van der Waals surface area contributed by atoms with Crippen LogP contribution in [0.4, 0.5) is 22.4 Å². The van der Waals surface area contributed by atoms with Crippen LogP contribution in [0.25, 0.3) is 0 Å². The molecule has 6 rings (SSSR count). The van der Waals surface area contributed by atoms with E-state index in [1.807, 2.05) is 0 Å². The number of carbonyl (C=O) groups excluding carboxylic acids is 4. The molecule has 342 valence electrons. The molecular formula is C45H52F4N2O11S. The highest BCUT2D eigenvalue weighted by molar-refractivity contribution is 7.99. The van der Waals surface area contributed by atoms with Gasteiger partial charge in [0.2, 0.25) is 0 Å². The second-order valence-electron chi connectivity index (χ2n) is 16.8. The van der Waals surface area contributed by atoms with Crippen molar-refractivity contribution in [1.29, 1.82) is 0 Å². The number of nitrogens with one attached hydrogen (secondary N) is 1. The maximum atomic E-state index is 15.7. The van der Waals surface area contributed by atoms with E-state index >= 15 is 8.78 Å². The predicted octanol–water partition coefficient (Wildman–Crippen LogP) is 7.27. The van der Waals surface area contributed by atoms with Gasteiger partial charge in [-0.05, 0) is 87.4 Å². The van der Waals surface area contributed by atoms with Gasteiger partial charge in [-0.25, -0.2) is 22.4 Å². The number of alkyl carbamates (subject to hydrolysis) is 1. The van der Waals surface area contributed by atoms with Crippen molar-refractivity contribution in [3.63, 3.8) is 0 Å². The van der Waals surface area contributed by atoms with Gasteiger partial charge in [-0.1, -0.05) is 12.1 Å². The molecule has 1 amide bonds. The van der Waals surface area contributed by atoms with Gasteiger partial charge in [0.15, 0.2) is 18.3 Å². The molecule has 0 saturated carbocycles. The Balaban J connectivity index is 1.13. The van der Waals surface area contributed by atoms with Crippen molar-refractivity contribution in [3.05, 3.63) is 100 Å². The largest absolute Gasteiger partial charge is 0.489 e. The first-order chi connectivity index (χ1) is 29.8. The molecule has 3 aromatic rings. The number of thioether (sulfide) groups is 1. The number of benzene rings is 3. The van der Waals surface area contributed by atoms with Gasteiger partial charge in [-0.2, -0.15) is 0 Å². The summed E-state index contributed by atoms with van der Waals surface area (Å²) in [6.45, 7) is 9.93. The second kappa shape index (κ2) is 20.3. The van der Waals surface area contributed by atoms with E-state index in [1.165, 1.54) is 6.07 Å². The Labute approximate surface area is 367 Å². The van der Waals surface area contributed by atoms with Crippen molar-refractivity contribution in [2.45, 2.75) is 121 Å². The van der Waals surface area contributed by atoms with E-state index < -0.39 is 94.9 Å². The number of likely N-dealkylation sites (tertiary alicyclic amines) is 1. The average molecular weight is 905 g/mol. The van der Waals surface area contributed by atoms with Gasteiger partial charge in [-0.15, -0.1) is 11.8 Å². The third-order valence-corrected chi connectivity index (χ3v) is 11.6. The van der Waals surface area contributed by atoms with Crippen molar-refractivity contribution < 1.29 is 69.9 Å². The lowest BCUT2D eigenvalue weighted by atomic mass is 9.91. The lowest BCUT2D eigenvalue weighted by Crippen LogP contribution is -2.57. The molecule has 13 nitrogen and oxygen atoms in total. The summed E-state index contributed by atoms with van der Waals surface area (Å²) in [7, 11) is 0. The van der Waals surface area contributed by atoms with E-state index in [2.05, 4.69) is 10.2 Å². The Bertz CT molecular complexity index is 2140. The van der Waals surface area contributed by atoms with Crippen LogP contribution >= 0.6 is 11.8 Å². The van der Waals surface area contributed by atoms with Gasteiger partial charge in [0, 0.05) is 63.5 Å². The van der Waals surface area contributed by atoms with Crippen molar-refractivity contribution in [1.82, 2.24) is 10.2 Å². The zero-order valence-corrected chi connectivity index (χ0v) is 36.8. The van der Waals surface area contributed by atoms with Gasteiger partial charge in [0.25, 0.3) is 0 Å². The van der Waals surface area contributed by atoms with Crippen LogP contribution in [0.1, 0.15) is 88.8 Å². The second-order valence-corrected chi connectivity index (χ2v) is 17.7. The monoisotopic (exact) mass is 904 g/mol. The van der Waals surface area contributed by atoms with E-state index in [0.717, 1.165) is 50.7 Å². The zero-order chi connectivity index (χ0) is 45.7. The highest BCUT2D eigenvalue weighted by atomic mass is 32.2. The number of hydrogen-bond donors (Lipinski definition) is 1. The van der Waals surface area contributed by atoms with Crippen LogP contribution in [0, 0.1) is 23.3 Å². The Morgan fingerprint density at radius 2 is 1.46 bits per heavy atom. The summed E-state index contributed by atoms with van der Waals surface area (Å²) in [4.78, 5) is 51.5. The van der Waals surface area contributed by atoms with Crippen molar-refractivity contribution in [2.24, 2.45) is 0 Å². The summed E-state index contributed by atoms with van der Waals surface area (Å²) in [5.41, 5.74) is -1.16. The van der Waals surface area contributed by atoms with Gasteiger partial charge in [0.1, 0.15) is 58.4 Å². The van der Waals surface area contributed by atoms with Gasteiger partial charge >= 0.3 is 24.0 Å². The molecule has 3 fully saturated rings. The summed E-state index contributed by atoms with van der Waals surface area (Å²) in [5, 5.41) is 2.82. The van der Waals surface area contributed by atoms with Gasteiger partial charge in [-0.3, -0.25) is 19.3 Å². The quantitative estimate of drug-likeness (QED) is 0.111. The molecule has 3 aromatic carbocycles. The first kappa shape index (κ1) is 47.6. The standard InChI is InChI=1S/C45H52F4N2O11S/c1-23(52)57-40-39(61-43(63-7)42(59-25(3)54)41(40)58-24(2)53)32-17-27(35(48)20-36(32)49)16-26-8-11-30(12-9-26)60-31-14-15-51(21-31)29-19-37(50-44(55)62-45(4,5)6)38(56-22-29)33-18-28(46)10-13-34(33)47/h8-13,17-18,20,29,31,37-43H,14-16,19,21-22H2,1-7H3,(H,50,55)/t29-,31-,37+,38-,39+,40+,41-,42+,43-/m1/s1. The molecule has 3 heterocycles. The fourth-order valence-electron chi connectivity index (χ4n) is 8.16. The summed E-state index contributed by atoms with van der Waals surface area (Å²) < 4.78 is 101. The zero-order valence-electron chi connectivity index (χ0n) is 36.0. The van der Waals surface area contributed by atoms with Crippen LogP contribution in [0.3, 0.4) is 0 Å². The van der Waals surface area contributed by atoms with E-state index in [-0.39, 0.29) is 41.9 Å². The molecule has 3 saturated heterocycles. The first-order valence-electron chi connectivity index (χ1n) is 20.5. The number of amides is 1. The van der Waals surface area contributed by atoms with Crippen molar-refractivity contribution >= 4 is 35.8 Å². The summed E-state index contributed by atoms with van der Waals surface area (Å²) in [5.74, 6) is -4.84. The lowest BCUT2D eigenvalue weighted by molar-refractivity contribution is -0.233. The van der Waals surface area contributed by atoms with Gasteiger partial charge in [0.05, 0.1) is 12.6 Å². The SMILES string of the molecule is CS[C@H]1O[C@@H](c2cc(Cc3ccc(O[C@@H]4CCN([C@H]5CO[C@H](c6cc(F)ccc6F)[C@@H](NC(=O)OC(C)(C)C)C5)C4)cc3)c(F)cc2F)[C@H](OC(C)=O)[C@@H](OC(C)=O)[C@@H]1OC(C)=O. The molecule has 63 heavy (non-hydrogen) atoms. The predicted molar refractivity (Wildman–Crippen MR) is 221 cm³/mol. The van der Waals surface area contributed by atoms with Crippen LogP contribution in [0.5, 0.6) is 5.75 Å². The molecule has 0 spiro atoms. The fourth-order valence-corrected chi connectivity index (χ4v) is 8.87. The van der Waals surface area contributed by atoms with Gasteiger partial charge < -0.3 is 38.5 Å². The number of esters is 3. The molecule has 0 radical (unpaired) electrons. The van der Waals surface area contributed by atoms with Crippen molar-refractivity contribution in [3.8, 4) is 5.75 Å². The molecule has 1 N–H and O–H groups in total. The summed E-state index contributed by atoms with van der Waals surface area (Å²) in [6.07, 6.45) is -4.58. The number of carbonyl (C=O) groups is 4. The van der Waals surface area contributed by atoms with Crippen molar-refractivity contribution in [2.75, 3.05) is 26.0 Å². The molecule has 0 unspecified atom stereocenters. The van der Waals surface area contributed by atoms with Crippen LogP contribution in [-0.4, -0.2) is 102 Å². The Kier molecular flexibility index (Phi) is 15.3. The topological polar surface area (TPSA) is 148 Å². The number of ether oxygens (including phenoxy) is 7. The number of hydrogen-bond acceptors (Lipinski definition) is 13. The first-order valence-corrected chi connectivity index (χ1v) is 21.8. The Hall–Kier alpha value is -4.91. The molecule has 18 heteroatoms. The summed E-state index contributed by atoms with van der Waals surface area (Å²) in [6, 6.07) is 11.2. The molecule has 9 atom stereocenters. The minimum Gasteiger partial charge on any atom is -0.489 e. The Morgan fingerprint density at radius 1 is 0.810 bits per heavy atom. The van der Waals surface area contributed by atoms with Crippen LogP contribution in [0.2, 0.25) is 0 Å². The van der Waals surface area contributed by atoms with E-state index in [9.17, 15) is 28.0 Å². The molecular weight excluding hydrogens is 853 g/mol. The molecule has 0 aromatic heterocycles. The lowest BCUT2D eigenvalue weighted by Gasteiger charge is -2.44. The Morgan fingerprint density at radius 3 is 2.11 bits per heavy atom. The molecule has 0 aliphatic carbocycles. The smallest absolute Gasteiger partial charge is 0.407 e. The minimum atomic E-state index is -1.46. The molecule has 3 aliphatic heterocycles. The third kappa shape index (κ3) is 12.2.